The van der Waals surface area contributed by atoms with Crippen LogP contribution < -0.4 is 0 Å². The van der Waals surface area contributed by atoms with E-state index in [4.69, 9.17) is 25.9 Å². The molecule has 1 saturated heterocycles. The lowest BCUT2D eigenvalue weighted by Gasteiger charge is -2.43. The average molecular weight is 417 g/mol. The molecule has 0 aromatic carbocycles. The van der Waals surface area contributed by atoms with Gasteiger partial charge in [0.05, 0.1) is 22.6 Å². The Morgan fingerprint density at radius 3 is 3.07 bits per heavy atom. The highest BCUT2D eigenvalue weighted by molar-refractivity contribution is 5.72. The predicted molar refractivity (Wildman–Crippen MR) is 111 cm³/mol. The fourth-order valence-electron chi connectivity index (χ4n) is 4.02. The van der Waals surface area contributed by atoms with Gasteiger partial charge in [-0.3, -0.25) is 9.59 Å². The van der Waals surface area contributed by atoms with Gasteiger partial charge in [0.15, 0.2) is 0 Å². The quantitative estimate of drug-likeness (QED) is 0.657. The number of rotatable bonds is 6. The Bertz CT molecular complexity index is 1140. The van der Waals surface area contributed by atoms with Gasteiger partial charge in [-0.15, -0.1) is 0 Å². The van der Waals surface area contributed by atoms with Crippen LogP contribution in [0.1, 0.15) is 82.5 Å². The summed E-state index contributed by atoms with van der Waals surface area (Å²) in [7, 11) is 0. The summed E-state index contributed by atoms with van der Waals surface area (Å²) in [5.41, 5.74) is -0.262. The Morgan fingerprint density at radius 2 is 2.34 bits per heavy atom. The molecule has 1 N–H and O–H groups in total. The first kappa shape index (κ1) is 11.1. The number of carbonyl (C=O) groups excluding carboxylic acids is 2. The van der Waals surface area contributed by atoms with Crippen LogP contribution in [0.25, 0.3) is 0 Å². The van der Waals surface area contributed by atoms with Crippen molar-refractivity contribution < 1.29 is 40.6 Å². The molecule has 0 radical (unpaired) electrons. The maximum atomic E-state index is 13.2. The molecule has 2 unspecified atom stereocenters. The zero-order valence-corrected chi connectivity index (χ0v) is 16.9. The summed E-state index contributed by atoms with van der Waals surface area (Å²) < 4.78 is 110. The van der Waals surface area contributed by atoms with Crippen molar-refractivity contribution in [1.82, 2.24) is 0 Å². The first-order chi connectivity index (χ1) is 18.4. The van der Waals surface area contributed by atoms with Gasteiger partial charge in [-0.1, -0.05) is 45.8 Å². The number of aliphatic hydroxyl groups is 1. The van der Waals surface area contributed by atoms with Gasteiger partial charge in [-0.25, -0.2) is 0 Å². The van der Waals surface area contributed by atoms with Crippen molar-refractivity contribution in [2.45, 2.75) is 84.4 Å². The fourth-order valence-corrected chi connectivity index (χ4v) is 4.02. The lowest BCUT2D eigenvalue weighted by Crippen LogP contribution is -2.42. The van der Waals surface area contributed by atoms with Gasteiger partial charge in [0, 0.05) is 24.7 Å². The molecule has 2 aliphatic carbocycles. The van der Waals surface area contributed by atoms with Crippen LogP contribution in [0.5, 0.6) is 0 Å². The SMILES string of the molecule is [2H]C1=C([2H])[C@]([2H])(C)[C@H](CCC2C[C@@H](O)CC(=O)O2)[C@@H]2C1=C([2H])[C@]([2H])(C)C([2H])([2H])C2OC(=O)[C@@H](C)C([2H])([2H])C([2H])([2H])[2H]. The topological polar surface area (TPSA) is 72.8 Å². The molecule has 0 bridgehead atoms. The maximum absolute atomic E-state index is 13.2. The number of allylic oxidation sites excluding steroid dienone is 3. The number of cyclic esters (lactones) is 1. The van der Waals surface area contributed by atoms with Crippen molar-refractivity contribution >= 4 is 11.9 Å². The molecule has 1 heterocycles. The zero-order chi connectivity index (χ0) is 31.7. The normalized spacial score (nSPS) is 52.7. The summed E-state index contributed by atoms with van der Waals surface area (Å²) in [6, 6.07) is -1.73. The minimum Gasteiger partial charge on any atom is -0.462 e. The van der Waals surface area contributed by atoms with E-state index in [0.717, 1.165) is 13.8 Å². The summed E-state index contributed by atoms with van der Waals surface area (Å²) in [6.45, 7) is 0.114. The number of hydrogen-bond donors (Lipinski definition) is 1. The van der Waals surface area contributed by atoms with Crippen molar-refractivity contribution in [3.05, 3.63) is 23.7 Å². The molecule has 29 heavy (non-hydrogen) atoms. The maximum Gasteiger partial charge on any atom is 0.308 e. The fraction of sp³-hybridized carbons (Fsp3) is 0.750. The van der Waals surface area contributed by atoms with E-state index in [1.54, 1.807) is 0 Å². The smallest absolute Gasteiger partial charge is 0.308 e. The molecule has 1 aliphatic heterocycles. The van der Waals surface area contributed by atoms with Gasteiger partial charge in [0.1, 0.15) is 12.2 Å². The number of hydrogen-bond acceptors (Lipinski definition) is 5. The predicted octanol–water partition coefficient (Wildman–Crippen LogP) is 4.20. The van der Waals surface area contributed by atoms with Crippen molar-refractivity contribution in [1.29, 1.82) is 0 Å². The molecule has 3 aliphatic rings. The number of aliphatic hydroxyl groups excluding tert-OH is 1. The standard InChI is InChI=1S/C24H36O5/c1-5-15(3)24(27)29-21-11-14(2)10-17-7-6-16(4)20(23(17)21)9-8-19-12-18(25)13-22(26)28-19/h6-7,10,14-16,18-21,23,25H,5,8-9,11-13H2,1-4H3/t14-,15-,16-,18+,19?,20-,21?,23-/m0/s1/i1D3,5D2,6D,7D,10D,11D2,14D,16D. The molecule has 3 rings (SSSR count). The Labute approximate surface area is 191 Å². The van der Waals surface area contributed by atoms with Crippen molar-refractivity contribution in [3.8, 4) is 0 Å². The third-order valence-corrected chi connectivity index (χ3v) is 5.57. The number of ether oxygens (including phenoxy) is 2. The number of esters is 2. The molecule has 5 nitrogen and oxygen atoms in total. The van der Waals surface area contributed by atoms with Crippen LogP contribution in [0.15, 0.2) is 23.7 Å². The van der Waals surface area contributed by atoms with Crippen LogP contribution >= 0.6 is 0 Å². The first-order valence-corrected chi connectivity index (χ1v) is 9.88. The summed E-state index contributed by atoms with van der Waals surface area (Å²) in [4.78, 5) is 25.1. The van der Waals surface area contributed by atoms with Crippen LogP contribution in [-0.2, 0) is 19.1 Å². The Morgan fingerprint density at radius 1 is 1.55 bits per heavy atom. The number of carbonyl (C=O) groups is 2. The van der Waals surface area contributed by atoms with E-state index in [9.17, 15) is 14.7 Å². The van der Waals surface area contributed by atoms with Gasteiger partial charge in [-0.05, 0) is 48.9 Å². The first-order valence-electron chi connectivity index (χ1n) is 15.9. The third-order valence-electron chi connectivity index (χ3n) is 5.57. The molecule has 5 heteroatoms. The molecule has 0 saturated carbocycles. The molecule has 8 atom stereocenters. The second kappa shape index (κ2) is 9.46. The Balaban J connectivity index is 2.13. The number of fused-ring (bicyclic) bond motifs is 1. The summed E-state index contributed by atoms with van der Waals surface area (Å²) in [6.07, 6.45) is -9.65. The van der Waals surface area contributed by atoms with Gasteiger partial charge in [0.2, 0.25) is 0 Å². The van der Waals surface area contributed by atoms with Crippen molar-refractivity contribution in [2.24, 2.45) is 29.5 Å². The highest BCUT2D eigenvalue weighted by Crippen LogP contribution is 2.45. The van der Waals surface area contributed by atoms with E-state index in [1.165, 1.54) is 6.92 Å². The second-order valence-electron chi connectivity index (χ2n) is 7.88. The molecular formula is C24H36O5. The van der Waals surface area contributed by atoms with Crippen LogP contribution in [0.2, 0.25) is 0 Å². The van der Waals surface area contributed by atoms with Crippen LogP contribution in [0.3, 0.4) is 0 Å². The molecule has 0 aromatic heterocycles. The second-order valence-corrected chi connectivity index (χ2v) is 7.88. The molecule has 0 amide bonds. The average Bonchev–Trinajstić information content (AvgIpc) is 2.82. The minimum absolute atomic E-state index is 0.0493. The van der Waals surface area contributed by atoms with Gasteiger partial charge in [0.25, 0.3) is 0 Å². The van der Waals surface area contributed by atoms with Gasteiger partial charge in [-0.2, -0.15) is 0 Å². The van der Waals surface area contributed by atoms with Crippen LogP contribution in [0, 0.1) is 29.5 Å². The third kappa shape index (κ3) is 5.30. The van der Waals surface area contributed by atoms with Crippen molar-refractivity contribution in [2.75, 3.05) is 0 Å². The molecule has 162 valence electrons. The van der Waals surface area contributed by atoms with E-state index in [1.807, 2.05) is 0 Å². The lowest BCUT2D eigenvalue weighted by atomic mass is 9.65. The molecule has 0 spiro atoms. The monoisotopic (exact) mass is 416 g/mol. The highest BCUT2D eigenvalue weighted by Gasteiger charge is 2.42. The Kier molecular flexibility index (Phi) is 3.63. The van der Waals surface area contributed by atoms with E-state index in [2.05, 4.69) is 0 Å². The molecule has 0 aromatic rings. The van der Waals surface area contributed by atoms with E-state index >= 15 is 0 Å². The van der Waals surface area contributed by atoms with E-state index in [-0.39, 0.29) is 31.3 Å². The molecular weight excluding hydrogens is 368 g/mol. The van der Waals surface area contributed by atoms with E-state index < -0.39 is 97.5 Å². The van der Waals surface area contributed by atoms with E-state index in [0.29, 0.717) is 0 Å². The van der Waals surface area contributed by atoms with Crippen molar-refractivity contribution in [3.63, 3.8) is 0 Å². The summed E-state index contributed by atoms with van der Waals surface area (Å²) in [5, 5.41) is 10.00. The van der Waals surface area contributed by atoms with Gasteiger partial charge >= 0.3 is 11.9 Å². The summed E-state index contributed by atoms with van der Waals surface area (Å²) in [5.74, 6) is -10.8. The van der Waals surface area contributed by atoms with Crippen LogP contribution in [0.4, 0.5) is 0 Å². The van der Waals surface area contributed by atoms with Crippen LogP contribution in [-0.4, -0.2) is 35.4 Å². The summed E-state index contributed by atoms with van der Waals surface area (Å²) >= 11 is 0. The minimum atomic E-state index is -3.23. The Hall–Kier alpha value is -1.62. The zero-order valence-electron chi connectivity index (χ0n) is 28.9. The highest BCUT2D eigenvalue weighted by atomic mass is 16.5. The largest absolute Gasteiger partial charge is 0.462 e. The molecule has 1 fully saturated rings. The van der Waals surface area contributed by atoms with Gasteiger partial charge < -0.3 is 14.6 Å². The lowest BCUT2D eigenvalue weighted by molar-refractivity contribution is -0.162.